The Hall–Kier alpha value is -3.86. The van der Waals surface area contributed by atoms with E-state index in [0.717, 1.165) is 16.7 Å². The summed E-state index contributed by atoms with van der Waals surface area (Å²) in [4.78, 5) is 26.3. The molecule has 3 aromatic carbocycles. The molecule has 0 aromatic heterocycles. The van der Waals surface area contributed by atoms with Gasteiger partial charge in [-0.1, -0.05) is 78.9 Å². The summed E-state index contributed by atoms with van der Waals surface area (Å²) in [6.45, 7) is 0.649. The number of imide groups is 1. The number of hydrogen-bond acceptors (Lipinski definition) is 3. The highest BCUT2D eigenvalue weighted by molar-refractivity contribution is 6.14. The van der Waals surface area contributed by atoms with E-state index < -0.39 is 6.03 Å². The molecule has 0 saturated carbocycles. The number of amides is 3. The van der Waals surface area contributed by atoms with Crippen LogP contribution in [-0.4, -0.2) is 16.8 Å². The Kier molecular flexibility index (Phi) is 5.38. The third-order valence-electron chi connectivity index (χ3n) is 4.60. The standard InChI is InChI=1S/C24H20N2O3/c27-23-21(25-24(28)26(23)16-18-9-3-1-4-10-18)15-20-13-7-8-14-22(20)29-17-19-11-5-2-6-12-19/h1-15H,16-17H2,(H,25,28)/b21-15+. The molecule has 1 fully saturated rings. The van der Waals surface area contributed by atoms with Gasteiger partial charge in [0.2, 0.25) is 0 Å². The van der Waals surface area contributed by atoms with E-state index in [2.05, 4.69) is 5.32 Å². The number of nitrogens with zero attached hydrogens (tertiary/aromatic N) is 1. The van der Waals surface area contributed by atoms with E-state index in [1.807, 2.05) is 84.9 Å². The van der Waals surface area contributed by atoms with Crippen molar-refractivity contribution >= 4 is 18.0 Å². The van der Waals surface area contributed by atoms with Gasteiger partial charge in [-0.25, -0.2) is 4.79 Å². The smallest absolute Gasteiger partial charge is 0.329 e. The Morgan fingerprint density at radius 2 is 1.41 bits per heavy atom. The van der Waals surface area contributed by atoms with Crippen LogP contribution in [0.4, 0.5) is 4.79 Å². The van der Waals surface area contributed by atoms with Crippen LogP contribution in [0.15, 0.2) is 90.6 Å². The first-order valence-corrected chi connectivity index (χ1v) is 9.35. The highest BCUT2D eigenvalue weighted by atomic mass is 16.5. The van der Waals surface area contributed by atoms with Crippen LogP contribution in [0.25, 0.3) is 6.08 Å². The predicted molar refractivity (Wildman–Crippen MR) is 111 cm³/mol. The second-order valence-electron chi connectivity index (χ2n) is 6.68. The van der Waals surface area contributed by atoms with Crippen LogP contribution in [0.3, 0.4) is 0 Å². The lowest BCUT2D eigenvalue weighted by Gasteiger charge is -2.11. The van der Waals surface area contributed by atoms with E-state index in [1.165, 1.54) is 4.90 Å². The zero-order chi connectivity index (χ0) is 20.1. The molecular weight excluding hydrogens is 364 g/mol. The second-order valence-corrected chi connectivity index (χ2v) is 6.68. The van der Waals surface area contributed by atoms with Crippen LogP contribution in [-0.2, 0) is 17.9 Å². The molecule has 1 aliphatic heterocycles. The Bertz CT molecular complexity index is 1050. The number of nitrogens with one attached hydrogen (secondary N) is 1. The van der Waals surface area contributed by atoms with Crippen LogP contribution in [0.1, 0.15) is 16.7 Å². The molecule has 1 aliphatic rings. The highest BCUT2D eigenvalue weighted by Gasteiger charge is 2.33. The van der Waals surface area contributed by atoms with Gasteiger partial charge in [0.15, 0.2) is 0 Å². The van der Waals surface area contributed by atoms with Gasteiger partial charge < -0.3 is 10.1 Å². The molecule has 5 heteroatoms. The van der Waals surface area contributed by atoms with Crippen molar-refractivity contribution in [3.63, 3.8) is 0 Å². The molecule has 0 aliphatic carbocycles. The molecule has 3 amide bonds. The summed E-state index contributed by atoms with van der Waals surface area (Å²) in [7, 11) is 0. The van der Waals surface area contributed by atoms with Crippen LogP contribution >= 0.6 is 0 Å². The number of benzene rings is 3. The normalized spacial score (nSPS) is 14.9. The summed E-state index contributed by atoms with van der Waals surface area (Å²) >= 11 is 0. The first kappa shape index (κ1) is 18.5. The number of ether oxygens (including phenoxy) is 1. The van der Waals surface area contributed by atoms with Crippen molar-refractivity contribution in [1.82, 2.24) is 10.2 Å². The molecule has 1 saturated heterocycles. The van der Waals surface area contributed by atoms with E-state index in [4.69, 9.17) is 4.74 Å². The minimum absolute atomic E-state index is 0.231. The van der Waals surface area contributed by atoms with Gasteiger partial charge in [0, 0.05) is 5.56 Å². The number of carbonyl (C=O) groups excluding carboxylic acids is 2. The van der Waals surface area contributed by atoms with Crippen molar-refractivity contribution in [2.24, 2.45) is 0 Å². The summed E-state index contributed by atoms with van der Waals surface area (Å²) in [5.74, 6) is 0.295. The van der Waals surface area contributed by atoms with Crippen LogP contribution in [0, 0.1) is 0 Å². The summed E-state index contributed by atoms with van der Waals surface area (Å²) in [5, 5.41) is 2.67. The average Bonchev–Trinajstić information content (AvgIpc) is 3.02. The molecular formula is C24H20N2O3. The van der Waals surface area contributed by atoms with Crippen molar-refractivity contribution in [2.75, 3.05) is 0 Å². The maximum atomic E-state index is 12.7. The summed E-state index contributed by atoms with van der Waals surface area (Å²) in [6, 6.07) is 26.3. The molecule has 0 atom stereocenters. The zero-order valence-corrected chi connectivity index (χ0v) is 15.7. The maximum Gasteiger partial charge on any atom is 0.329 e. The van der Waals surface area contributed by atoms with Gasteiger partial charge in [-0.3, -0.25) is 9.69 Å². The van der Waals surface area contributed by atoms with E-state index >= 15 is 0 Å². The minimum atomic E-state index is -0.423. The first-order chi connectivity index (χ1) is 14.2. The van der Waals surface area contributed by atoms with Crippen LogP contribution in [0.2, 0.25) is 0 Å². The van der Waals surface area contributed by atoms with E-state index in [1.54, 1.807) is 6.08 Å². The number of rotatable bonds is 6. The van der Waals surface area contributed by atoms with Crippen LogP contribution < -0.4 is 10.1 Å². The van der Waals surface area contributed by atoms with Gasteiger partial charge >= 0.3 is 6.03 Å². The second kappa shape index (κ2) is 8.44. The molecule has 5 nitrogen and oxygen atoms in total. The van der Waals surface area contributed by atoms with Crippen LogP contribution in [0.5, 0.6) is 5.75 Å². The molecule has 144 valence electrons. The molecule has 1 N–H and O–H groups in total. The van der Waals surface area contributed by atoms with Crippen molar-refractivity contribution in [2.45, 2.75) is 13.2 Å². The van der Waals surface area contributed by atoms with E-state index in [-0.39, 0.29) is 18.1 Å². The monoisotopic (exact) mass is 384 g/mol. The lowest BCUT2D eigenvalue weighted by molar-refractivity contribution is -0.123. The first-order valence-electron chi connectivity index (χ1n) is 9.35. The average molecular weight is 384 g/mol. The number of carbonyl (C=O) groups is 2. The Labute approximate surface area is 169 Å². The fourth-order valence-corrected chi connectivity index (χ4v) is 3.10. The SMILES string of the molecule is O=C1N/C(=C/c2ccccc2OCc2ccccc2)C(=O)N1Cc1ccccc1. The third-order valence-corrected chi connectivity index (χ3v) is 4.60. The van der Waals surface area contributed by atoms with Crippen molar-refractivity contribution in [3.8, 4) is 5.75 Å². The minimum Gasteiger partial charge on any atom is -0.488 e. The topological polar surface area (TPSA) is 58.6 Å². The fourth-order valence-electron chi connectivity index (χ4n) is 3.10. The molecule has 4 rings (SSSR count). The third kappa shape index (κ3) is 4.35. The lowest BCUT2D eigenvalue weighted by Crippen LogP contribution is -2.30. The van der Waals surface area contributed by atoms with Crippen molar-refractivity contribution in [3.05, 3.63) is 107 Å². The molecule has 0 radical (unpaired) electrons. The number of para-hydroxylation sites is 1. The van der Waals surface area contributed by atoms with Gasteiger partial charge in [-0.15, -0.1) is 0 Å². The molecule has 0 bridgehead atoms. The van der Waals surface area contributed by atoms with Gasteiger partial charge in [0.05, 0.1) is 6.54 Å². The summed E-state index contributed by atoms with van der Waals surface area (Å²) in [5.41, 5.74) is 2.91. The number of urea groups is 1. The van der Waals surface area contributed by atoms with Gasteiger partial charge in [0.1, 0.15) is 18.1 Å². The largest absolute Gasteiger partial charge is 0.488 e. The summed E-state index contributed by atoms with van der Waals surface area (Å²) in [6.07, 6.45) is 1.66. The number of hydrogen-bond donors (Lipinski definition) is 1. The van der Waals surface area contributed by atoms with E-state index in [0.29, 0.717) is 12.4 Å². The predicted octanol–water partition coefficient (Wildman–Crippen LogP) is 4.36. The fraction of sp³-hybridized carbons (Fsp3) is 0.0833. The van der Waals surface area contributed by atoms with Crippen molar-refractivity contribution in [1.29, 1.82) is 0 Å². The molecule has 0 unspecified atom stereocenters. The Morgan fingerprint density at radius 1 is 0.793 bits per heavy atom. The van der Waals surface area contributed by atoms with E-state index in [9.17, 15) is 9.59 Å². The molecule has 1 heterocycles. The van der Waals surface area contributed by atoms with Crippen molar-refractivity contribution < 1.29 is 14.3 Å². The van der Waals surface area contributed by atoms with Gasteiger partial charge in [-0.2, -0.15) is 0 Å². The Balaban J connectivity index is 1.52. The molecule has 0 spiro atoms. The summed E-state index contributed by atoms with van der Waals surface area (Å²) < 4.78 is 5.94. The van der Waals surface area contributed by atoms with Gasteiger partial charge in [-0.05, 0) is 23.3 Å². The highest BCUT2D eigenvalue weighted by Crippen LogP contribution is 2.24. The molecule has 29 heavy (non-hydrogen) atoms. The lowest BCUT2D eigenvalue weighted by atomic mass is 10.1. The van der Waals surface area contributed by atoms with Gasteiger partial charge in [0.25, 0.3) is 5.91 Å². The maximum absolute atomic E-state index is 12.7. The quantitative estimate of drug-likeness (QED) is 0.507. The molecule has 3 aromatic rings. The zero-order valence-electron chi connectivity index (χ0n) is 15.7. The Morgan fingerprint density at radius 3 is 2.14 bits per heavy atom.